The standard InChI is InChI=1S/C5H11Te/c1-4-5(2,3)6/h4H2,1-3H3. The molecule has 0 aromatic rings. The van der Waals surface area contributed by atoms with Crippen LogP contribution in [0.25, 0.3) is 0 Å². The van der Waals surface area contributed by atoms with Gasteiger partial charge in [-0.3, -0.25) is 0 Å². The van der Waals surface area contributed by atoms with E-state index in [1.807, 2.05) is 0 Å². The van der Waals surface area contributed by atoms with Crippen molar-refractivity contribution in [3.63, 3.8) is 0 Å². The number of rotatable bonds is 1. The summed E-state index contributed by atoms with van der Waals surface area (Å²) in [6.45, 7) is 6.71. The third-order valence-electron chi connectivity index (χ3n) is 0.851. The Bertz CT molecular complexity index is 33.7. The van der Waals surface area contributed by atoms with E-state index in [1.54, 1.807) is 0 Å². The zero-order chi connectivity index (χ0) is 5.21. The molecule has 0 saturated carbocycles. The van der Waals surface area contributed by atoms with Crippen LogP contribution >= 0.6 is 0 Å². The molecule has 0 aromatic carbocycles. The van der Waals surface area contributed by atoms with Crippen LogP contribution in [0.5, 0.6) is 0 Å². The molecule has 0 amide bonds. The minimum absolute atomic E-state index is 0.552. The fourth-order valence-electron chi connectivity index (χ4n) is 0. The average molecular weight is 199 g/mol. The van der Waals surface area contributed by atoms with Gasteiger partial charge in [-0.2, -0.15) is 0 Å². The summed E-state index contributed by atoms with van der Waals surface area (Å²) in [5.74, 6) is 0. The predicted molar refractivity (Wildman–Crippen MR) is 30.1 cm³/mol. The van der Waals surface area contributed by atoms with E-state index in [0.29, 0.717) is 3.46 Å². The van der Waals surface area contributed by atoms with E-state index in [9.17, 15) is 0 Å². The first kappa shape index (κ1) is 6.79. The topological polar surface area (TPSA) is 0 Å². The van der Waals surface area contributed by atoms with E-state index in [1.165, 1.54) is 6.42 Å². The van der Waals surface area contributed by atoms with Crippen molar-refractivity contribution in [3.8, 4) is 0 Å². The second-order valence-corrected chi connectivity index (χ2v) is 5.27. The Hall–Kier alpha value is 0.790. The van der Waals surface area contributed by atoms with Crippen LogP contribution in [0.1, 0.15) is 27.2 Å². The summed E-state index contributed by atoms with van der Waals surface area (Å²) in [6, 6.07) is 0. The summed E-state index contributed by atoms with van der Waals surface area (Å²) in [4.78, 5) is 0. The van der Waals surface area contributed by atoms with E-state index in [2.05, 4.69) is 43.1 Å². The van der Waals surface area contributed by atoms with Crippen LogP contribution in [0.4, 0.5) is 0 Å². The van der Waals surface area contributed by atoms with Gasteiger partial charge in [0.05, 0.1) is 0 Å². The Morgan fingerprint density at radius 3 is 1.67 bits per heavy atom. The Labute approximate surface area is 53.2 Å². The first-order chi connectivity index (χ1) is 2.56. The van der Waals surface area contributed by atoms with Crippen molar-refractivity contribution >= 4 is 22.3 Å². The summed E-state index contributed by atoms with van der Waals surface area (Å²) < 4.78 is 0.552. The maximum atomic E-state index is 2.25. The summed E-state index contributed by atoms with van der Waals surface area (Å²) >= 11 is 2.18. The van der Waals surface area contributed by atoms with Gasteiger partial charge in [-0.25, -0.2) is 0 Å². The fourth-order valence-corrected chi connectivity index (χ4v) is 0. The van der Waals surface area contributed by atoms with E-state index in [-0.39, 0.29) is 0 Å². The molecule has 0 aliphatic rings. The molecule has 1 radical (unpaired) electrons. The van der Waals surface area contributed by atoms with E-state index in [4.69, 9.17) is 0 Å². The molecular formula is C5H11Te. The van der Waals surface area contributed by atoms with Crippen LogP contribution in [0.3, 0.4) is 0 Å². The summed E-state index contributed by atoms with van der Waals surface area (Å²) in [7, 11) is 0. The van der Waals surface area contributed by atoms with Crippen molar-refractivity contribution in [3.05, 3.63) is 0 Å². The Balaban J connectivity index is 3.17. The zero-order valence-corrected chi connectivity index (χ0v) is 6.95. The summed E-state index contributed by atoms with van der Waals surface area (Å²) in [5.41, 5.74) is 0. The van der Waals surface area contributed by atoms with Crippen LogP contribution < -0.4 is 0 Å². The zero-order valence-electron chi connectivity index (χ0n) is 4.62. The molecule has 0 atom stereocenters. The normalized spacial score (nSPS) is 12.0. The van der Waals surface area contributed by atoms with Crippen molar-refractivity contribution in [2.45, 2.75) is 30.7 Å². The van der Waals surface area contributed by atoms with Crippen LogP contribution in [-0.4, -0.2) is 22.3 Å². The molecule has 1 heteroatoms. The molecule has 0 bridgehead atoms. The van der Waals surface area contributed by atoms with Gasteiger partial charge >= 0.3 is 52.9 Å². The summed E-state index contributed by atoms with van der Waals surface area (Å²) in [5, 5.41) is 0. The van der Waals surface area contributed by atoms with Gasteiger partial charge in [0.2, 0.25) is 0 Å². The average Bonchev–Trinajstić information content (AvgIpc) is 1.35. The van der Waals surface area contributed by atoms with Crippen LogP contribution in [0.2, 0.25) is 3.46 Å². The van der Waals surface area contributed by atoms with Crippen molar-refractivity contribution in [1.29, 1.82) is 0 Å². The molecule has 6 heavy (non-hydrogen) atoms. The first-order valence-corrected chi connectivity index (χ1v) is 3.43. The van der Waals surface area contributed by atoms with Gasteiger partial charge < -0.3 is 0 Å². The third kappa shape index (κ3) is 4.79. The molecule has 0 spiro atoms. The molecule has 0 aliphatic heterocycles. The molecule has 0 fully saturated rings. The Kier molecular flexibility index (Phi) is 2.48. The Morgan fingerprint density at radius 2 is 1.67 bits per heavy atom. The van der Waals surface area contributed by atoms with Gasteiger partial charge in [0.1, 0.15) is 0 Å². The van der Waals surface area contributed by atoms with Crippen molar-refractivity contribution in [2.24, 2.45) is 0 Å². The van der Waals surface area contributed by atoms with Crippen LogP contribution in [0.15, 0.2) is 0 Å². The van der Waals surface area contributed by atoms with Crippen LogP contribution in [0, 0.1) is 0 Å². The van der Waals surface area contributed by atoms with E-state index >= 15 is 0 Å². The molecule has 0 heterocycles. The molecule has 0 aromatic heterocycles. The quantitative estimate of drug-likeness (QED) is 0.564. The molecular weight excluding hydrogens is 188 g/mol. The molecule has 0 rings (SSSR count). The number of hydrogen-bond donors (Lipinski definition) is 0. The SMILES string of the molecule is CCC(C)(C)[Te]. The molecule has 0 unspecified atom stereocenters. The van der Waals surface area contributed by atoms with Gasteiger partial charge in [0.15, 0.2) is 0 Å². The Morgan fingerprint density at radius 1 is 1.50 bits per heavy atom. The van der Waals surface area contributed by atoms with Gasteiger partial charge in [-0.05, 0) is 0 Å². The monoisotopic (exact) mass is 201 g/mol. The molecule has 0 N–H and O–H groups in total. The van der Waals surface area contributed by atoms with Crippen molar-refractivity contribution in [2.75, 3.05) is 0 Å². The van der Waals surface area contributed by atoms with Crippen molar-refractivity contribution < 1.29 is 0 Å². The molecule has 37 valence electrons. The second kappa shape index (κ2) is 2.19. The van der Waals surface area contributed by atoms with Crippen LogP contribution in [-0.2, 0) is 0 Å². The van der Waals surface area contributed by atoms with Gasteiger partial charge in [0, 0.05) is 0 Å². The predicted octanol–water partition coefficient (Wildman–Crippen LogP) is 1.76. The third-order valence-corrected chi connectivity index (χ3v) is 1.68. The van der Waals surface area contributed by atoms with E-state index < -0.39 is 0 Å². The summed E-state index contributed by atoms with van der Waals surface area (Å²) in [6.07, 6.45) is 1.28. The number of hydrogen-bond acceptors (Lipinski definition) is 0. The molecule has 0 saturated heterocycles. The second-order valence-electron chi connectivity index (χ2n) is 2.11. The van der Waals surface area contributed by atoms with Gasteiger partial charge in [-0.1, -0.05) is 0 Å². The fraction of sp³-hybridized carbons (Fsp3) is 1.00. The van der Waals surface area contributed by atoms with Gasteiger partial charge in [0.25, 0.3) is 0 Å². The maximum absolute atomic E-state index is 2.25. The minimum atomic E-state index is 0.552. The van der Waals surface area contributed by atoms with E-state index in [0.717, 1.165) is 0 Å². The first-order valence-electron chi connectivity index (χ1n) is 2.26. The van der Waals surface area contributed by atoms with Crippen molar-refractivity contribution in [1.82, 2.24) is 0 Å². The molecule has 0 aliphatic carbocycles. The molecule has 0 nitrogen and oxygen atoms in total. The van der Waals surface area contributed by atoms with Gasteiger partial charge in [-0.15, -0.1) is 0 Å².